The van der Waals surface area contributed by atoms with E-state index in [1.807, 2.05) is 18.2 Å². The number of thiophene rings is 2. The van der Waals surface area contributed by atoms with Crippen LogP contribution >= 0.6 is 22.7 Å². The molecule has 0 aliphatic heterocycles. The third kappa shape index (κ3) is 5.14. The predicted molar refractivity (Wildman–Crippen MR) is 90.0 cm³/mol. The lowest BCUT2D eigenvalue weighted by atomic mass is 10.2. The van der Waals surface area contributed by atoms with E-state index in [1.165, 1.54) is 15.3 Å². The molecule has 2 heterocycles. The van der Waals surface area contributed by atoms with Gasteiger partial charge in [0.05, 0.1) is 0 Å². The number of rotatable bonds is 7. The van der Waals surface area contributed by atoms with Gasteiger partial charge in [0.1, 0.15) is 12.4 Å². The van der Waals surface area contributed by atoms with E-state index in [0.717, 1.165) is 18.8 Å². The minimum atomic E-state index is 0. The van der Waals surface area contributed by atoms with Crippen molar-refractivity contribution in [1.29, 1.82) is 0 Å². The Morgan fingerprint density at radius 3 is 2.14 bits per heavy atom. The minimum absolute atomic E-state index is 0. The van der Waals surface area contributed by atoms with Crippen LogP contribution in [-0.2, 0) is 19.7 Å². The van der Waals surface area contributed by atoms with E-state index >= 15 is 0 Å². The number of halogens is 1. The van der Waals surface area contributed by atoms with E-state index in [1.54, 1.807) is 22.7 Å². The maximum absolute atomic E-state index is 5.76. The molecule has 0 bridgehead atoms. The smallest absolute Gasteiger partial charge is 0.122 e. The molecule has 5 heteroatoms. The number of hydrogen-bond acceptors (Lipinski definition) is 4. The fourth-order valence-electron chi connectivity index (χ4n) is 2.00. The Kier molecular flexibility index (Phi) is 6.93. The Bertz CT molecular complexity index is 636. The van der Waals surface area contributed by atoms with Gasteiger partial charge < -0.3 is 22.5 Å². The zero-order valence-electron chi connectivity index (χ0n) is 12.0. The van der Waals surface area contributed by atoms with Gasteiger partial charge in [-0.3, -0.25) is 0 Å². The van der Waals surface area contributed by atoms with Gasteiger partial charge in [0.2, 0.25) is 0 Å². The van der Waals surface area contributed by atoms with Crippen molar-refractivity contribution >= 4 is 22.7 Å². The molecule has 1 aromatic carbocycles. The van der Waals surface area contributed by atoms with Crippen LogP contribution in [0.15, 0.2) is 59.3 Å². The van der Waals surface area contributed by atoms with Crippen LogP contribution in [0.4, 0.5) is 0 Å². The molecule has 2 nitrogen and oxygen atoms in total. The predicted octanol–water partition coefficient (Wildman–Crippen LogP) is 1.68. The molecule has 116 valence electrons. The first-order valence-electron chi connectivity index (χ1n) is 6.87. The average Bonchev–Trinajstić information content (AvgIpc) is 3.20. The van der Waals surface area contributed by atoms with Crippen LogP contribution in [0.1, 0.15) is 15.3 Å². The van der Waals surface area contributed by atoms with Crippen LogP contribution in [0.25, 0.3) is 0 Å². The first-order chi connectivity index (χ1) is 10.4. The highest BCUT2D eigenvalue weighted by Crippen LogP contribution is 2.16. The summed E-state index contributed by atoms with van der Waals surface area (Å²) in [7, 11) is 0. The minimum Gasteiger partial charge on any atom is -1.00 e. The van der Waals surface area contributed by atoms with Crippen molar-refractivity contribution < 1.29 is 17.1 Å². The topological polar surface area (TPSA) is 21.3 Å². The van der Waals surface area contributed by atoms with Gasteiger partial charge in [-0.05, 0) is 40.6 Å². The van der Waals surface area contributed by atoms with E-state index in [4.69, 9.17) is 4.74 Å². The molecule has 22 heavy (non-hydrogen) atoms. The molecule has 0 atom stereocenters. The van der Waals surface area contributed by atoms with E-state index < -0.39 is 0 Å². The zero-order valence-corrected chi connectivity index (χ0v) is 14.4. The van der Waals surface area contributed by atoms with Crippen molar-refractivity contribution in [1.82, 2.24) is 5.32 Å². The number of hydrogen-bond donors (Lipinski definition) is 1. The molecule has 2 aromatic heterocycles. The standard InChI is InChI=1S/C17H17NOS2.ClH/c1-3-16(20-9-1)12-18-11-14-5-7-15(8-6-14)19-13-17-4-2-10-21-17;/h1-10,18H,11-13H2;1H/p-1. The normalized spacial score (nSPS) is 10.2. The molecule has 0 saturated carbocycles. The maximum Gasteiger partial charge on any atom is 0.122 e. The summed E-state index contributed by atoms with van der Waals surface area (Å²) < 4.78 is 5.76. The van der Waals surface area contributed by atoms with Gasteiger partial charge in [-0.25, -0.2) is 0 Å². The second-order valence-electron chi connectivity index (χ2n) is 4.69. The monoisotopic (exact) mass is 350 g/mol. The summed E-state index contributed by atoms with van der Waals surface area (Å²) in [5.41, 5.74) is 1.27. The van der Waals surface area contributed by atoms with Gasteiger partial charge in [-0.1, -0.05) is 24.3 Å². The van der Waals surface area contributed by atoms with Crippen molar-refractivity contribution in [3.8, 4) is 5.75 Å². The van der Waals surface area contributed by atoms with Gasteiger partial charge >= 0.3 is 0 Å². The molecule has 0 spiro atoms. The quantitative estimate of drug-likeness (QED) is 0.700. The van der Waals surface area contributed by atoms with Crippen LogP contribution in [0.3, 0.4) is 0 Å². The molecule has 3 rings (SSSR count). The first-order valence-corrected chi connectivity index (χ1v) is 8.63. The van der Waals surface area contributed by atoms with Crippen LogP contribution < -0.4 is 22.5 Å². The maximum atomic E-state index is 5.76. The zero-order chi connectivity index (χ0) is 14.3. The van der Waals surface area contributed by atoms with Gasteiger partial charge in [-0.2, -0.15) is 0 Å². The average molecular weight is 351 g/mol. The van der Waals surface area contributed by atoms with Crippen LogP contribution in [0.5, 0.6) is 5.75 Å². The summed E-state index contributed by atoms with van der Waals surface area (Å²) in [5, 5.41) is 7.63. The lowest BCUT2D eigenvalue weighted by Crippen LogP contribution is -3.00. The summed E-state index contributed by atoms with van der Waals surface area (Å²) in [4.78, 5) is 2.61. The van der Waals surface area contributed by atoms with Crippen molar-refractivity contribution in [3.05, 3.63) is 74.6 Å². The van der Waals surface area contributed by atoms with Gasteiger partial charge in [0, 0.05) is 22.8 Å². The van der Waals surface area contributed by atoms with Crippen molar-refractivity contribution in [2.45, 2.75) is 19.7 Å². The van der Waals surface area contributed by atoms with Gasteiger partial charge in [0.25, 0.3) is 0 Å². The third-order valence-corrected chi connectivity index (χ3v) is 4.82. The molecule has 0 amide bonds. The fraction of sp³-hybridized carbons (Fsp3) is 0.176. The van der Waals surface area contributed by atoms with E-state index in [9.17, 15) is 0 Å². The van der Waals surface area contributed by atoms with Gasteiger partial charge in [0.15, 0.2) is 0 Å². The number of ether oxygens (including phenoxy) is 1. The Morgan fingerprint density at radius 2 is 1.50 bits per heavy atom. The largest absolute Gasteiger partial charge is 1.00 e. The van der Waals surface area contributed by atoms with Crippen LogP contribution in [0.2, 0.25) is 0 Å². The SMILES string of the molecule is [Cl-].c1csc(CNCc2ccc(OCc3cccs3)cc2)c1. The summed E-state index contributed by atoms with van der Waals surface area (Å²) in [6, 6.07) is 16.7. The Labute approximate surface area is 145 Å². The number of benzene rings is 1. The second kappa shape index (κ2) is 8.96. The van der Waals surface area contributed by atoms with Crippen LogP contribution in [0, 0.1) is 0 Å². The van der Waals surface area contributed by atoms with E-state index in [0.29, 0.717) is 6.61 Å². The summed E-state index contributed by atoms with van der Waals surface area (Å²) >= 11 is 3.51. The lowest BCUT2D eigenvalue weighted by Gasteiger charge is -2.07. The van der Waals surface area contributed by atoms with Crippen molar-refractivity contribution in [3.63, 3.8) is 0 Å². The highest BCUT2D eigenvalue weighted by atomic mass is 35.5. The van der Waals surface area contributed by atoms with Gasteiger partial charge in [-0.15, -0.1) is 22.7 Å². The molecule has 0 unspecified atom stereocenters. The summed E-state index contributed by atoms with van der Waals surface area (Å²) in [6.07, 6.45) is 0. The molecule has 0 aliphatic carbocycles. The molecule has 0 aliphatic rings. The fourth-order valence-corrected chi connectivity index (χ4v) is 3.29. The molecule has 0 radical (unpaired) electrons. The Hall–Kier alpha value is -1.33. The lowest BCUT2D eigenvalue weighted by molar-refractivity contribution is -0.00000446. The molecule has 3 aromatic rings. The highest BCUT2D eigenvalue weighted by molar-refractivity contribution is 7.10. The van der Waals surface area contributed by atoms with Crippen molar-refractivity contribution in [2.75, 3.05) is 0 Å². The molecular weight excluding hydrogens is 334 g/mol. The molecular formula is C17H17ClNOS2-. The Balaban J connectivity index is 0.00000176. The summed E-state index contributed by atoms with van der Waals surface area (Å²) in [6.45, 7) is 2.45. The molecule has 1 N–H and O–H groups in total. The van der Waals surface area contributed by atoms with Crippen LogP contribution in [-0.4, -0.2) is 0 Å². The molecule has 0 saturated heterocycles. The van der Waals surface area contributed by atoms with E-state index in [-0.39, 0.29) is 12.4 Å². The van der Waals surface area contributed by atoms with Crippen molar-refractivity contribution in [2.24, 2.45) is 0 Å². The highest BCUT2D eigenvalue weighted by Gasteiger charge is 1.98. The molecule has 0 fully saturated rings. The Morgan fingerprint density at radius 1 is 0.818 bits per heavy atom. The first kappa shape index (κ1) is 17.0. The number of nitrogens with one attached hydrogen (secondary N) is 1. The van der Waals surface area contributed by atoms with E-state index in [2.05, 4.69) is 46.4 Å². The second-order valence-corrected chi connectivity index (χ2v) is 6.76. The third-order valence-electron chi connectivity index (χ3n) is 3.09. The summed E-state index contributed by atoms with van der Waals surface area (Å²) in [5.74, 6) is 0.922.